The number of methoxy groups -OCH3 is 1. The number of hydrogen-bond donors (Lipinski definition) is 0. The summed E-state index contributed by atoms with van der Waals surface area (Å²) >= 11 is 5.99. The molecule has 0 unspecified atom stereocenters. The Morgan fingerprint density at radius 1 is 0.963 bits per heavy atom. The molecule has 3 nitrogen and oxygen atoms in total. The van der Waals surface area contributed by atoms with Gasteiger partial charge >= 0.3 is 5.97 Å². The van der Waals surface area contributed by atoms with Gasteiger partial charge in [-0.2, -0.15) is 0 Å². The maximum absolute atomic E-state index is 12.8. The van der Waals surface area contributed by atoms with E-state index in [1.165, 1.54) is 0 Å². The van der Waals surface area contributed by atoms with Gasteiger partial charge in [-0.3, -0.25) is 0 Å². The Morgan fingerprint density at radius 2 is 1.70 bits per heavy atom. The molecule has 3 rings (SSSR count). The molecule has 3 aromatic rings. The van der Waals surface area contributed by atoms with Crippen molar-refractivity contribution in [1.82, 2.24) is 0 Å². The van der Waals surface area contributed by atoms with Gasteiger partial charge in [-0.15, -0.1) is 0 Å². The third-order valence-corrected chi connectivity index (χ3v) is 4.24. The molecule has 0 fully saturated rings. The third-order valence-electron chi connectivity index (χ3n) is 4.00. The summed E-state index contributed by atoms with van der Waals surface area (Å²) in [5, 5.41) is 0.608. The summed E-state index contributed by atoms with van der Waals surface area (Å²) in [5.41, 5.74) is 2.88. The number of halogens is 1. The molecule has 4 heteroatoms. The third kappa shape index (κ3) is 4.99. The second-order valence-electron chi connectivity index (χ2n) is 5.87. The van der Waals surface area contributed by atoms with Crippen molar-refractivity contribution in [3.8, 4) is 5.75 Å². The monoisotopic (exact) mass is 378 g/mol. The van der Waals surface area contributed by atoms with Crippen molar-refractivity contribution in [2.45, 2.75) is 6.61 Å². The van der Waals surface area contributed by atoms with Gasteiger partial charge in [0, 0.05) is 10.6 Å². The zero-order valence-electron chi connectivity index (χ0n) is 14.9. The standard InChI is InChI=1S/C23H19ClO3/c1-26-22-13-6-5-11-19(22)15-21(18-9-3-2-4-10-18)23(25)27-16-17-8-7-12-20(24)14-17/h2-15H,16H2,1H3/b21-15-. The summed E-state index contributed by atoms with van der Waals surface area (Å²) in [5.74, 6) is 0.278. The van der Waals surface area contributed by atoms with Crippen LogP contribution in [0, 0.1) is 0 Å². The number of benzene rings is 3. The van der Waals surface area contributed by atoms with Crippen molar-refractivity contribution in [1.29, 1.82) is 0 Å². The number of esters is 1. The van der Waals surface area contributed by atoms with Crippen molar-refractivity contribution >= 4 is 29.2 Å². The predicted molar refractivity (Wildman–Crippen MR) is 109 cm³/mol. The first-order valence-corrected chi connectivity index (χ1v) is 8.87. The summed E-state index contributed by atoms with van der Waals surface area (Å²) in [6.07, 6.45) is 1.79. The second kappa shape index (κ2) is 9.06. The Balaban J connectivity index is 1.90. The van der Waals surface area contributed by atoms with Crippen LogP contribution in [0.15, 0.2) is 78.9 Å². The summed E-state index contributed by atoms with van der Waals surface area (Å²) in [4.78, 5) is 12.8. The van der Waals surface area contributed by atoms with Crippen LogP contribution >= 0.6 is 11.6 Å². The molecular weight excluding hydrogens is 360 g/mol. The van der Waals surface area contributed by atoms with Crippen molar-refractivity contribution in [2.75, 3.05) is 7.11 Å². The van der Waals surface area contributed by atoms with Crippen molar-refractivity contribution in [2.24, 2.45) is 0 Å². The highest BCUT2D eigenvalue weighted by Gasteiger charge is 2.15. The highest BCUT2D eigenvalue weighted by atomic mass is 35.5. The molecule has 27 heavy (non-hydrogen) atoms. The lowest BCUT2D eigenvalue weighted by Crippen LogP contribution is -2.07. The van der Waals surface area contributed by atoms with Crippen LogP contribution < -0.4 is 4.74 Å². The average molecular weight is 379 g/mol. The second-order valence-corrected chi connectivity index (χ2v) is 6.31. The zero-order valence-corrected chi connectivity index (χ0v) is 15.6. The summed E-state index contributed by atoms with van der Waals surface area (Å²) < 4.78 is 10.9. The van der Waals surface area contributed by atoms with Gasteiger partial charge in [0.05, 0.1) is 12.7 Å². The van der Waals surface area contributed by atoms with Crippen molar-refractivity contribution in [3.63, 3.8) is 0 Å². The maximum Gasteiger partial charge on any atom is 0.339 e. The van der Waals surface area contributed by atoms with Crippen LogP contribution in [0.4, 0.5) is 0 Å². The van der Waals surface area contributed by atoms with Gasteiger partial charge in [0.2, 0.25) is 0 Å². The molecule has 0 spiro atoms. The van der Waals surface area contributed by atoms with Crippen LogP contribution in [0.2, 0.25) is 5.02 Å². The van der Waals surface area contributed by atoms with Gasteiger partial charge in [-0.05, 0) is 35.4 Å². The molecule has 0 saturated carbocycles. The number of hydrogen-bond acceptors (Lipinski definition) is 3. The molecule has 3 aromatic carbocycles. The zero-order chi connectivity index (χ0) is 19.1. The molecule has 0 amide bonds. The van der Waals surface area contributed by atoms with E-state index < -0.39 is 5.97 Å². The number of carbonyl (C=O) groups is 1. The van der Waals surface area contributed by atoms with Crippen LogP contribution in [-0.4, -0.2) is 13.1 Å². The highest BCUT2D eigenvalue weighted by molar-refractivity contribution is 6.30. The van der Waals surface area contributed by atoms with E-state index in [-0.39, 0.29) is 6.61 Å². The van der Waals surface area contributed by atoms with E-state index in [9.17, 15) is 4.79 Å². The van der Waals surface area contributed by atoms with E-state index in [2.05, 4.69) is 0 Å². The van der Waals surface area contributed by atoms with Crippen LogP contribution in [0.5, 0.6) is 5.75 Å². The van der Waals surface area contributed by atoms with Gasteiger partial charge in [0.25, 0.3) is 0 Å². The predicted octanol–water partition coefficient (Wildman–Crippen LogP) is 5.63. The van der Waals surface area contributed by atoms with Gasteiger partial charge in [-0.25, -0.2) is 4.79 Å². The minimum atomic E-state index is -0.410. The number of rotatable bonds is 6. The molecule has 0 bridgehead atoms. The van der Waals surface area contributed by atoms with Gasteiger partial charge < -0.3 is 9.47 Å². The van der Waals surface area contributed by atoms with E-state index >= 15 is 0 Å². The first-order chi connectivity index (χ1) is 13.2. The van der Waals surface area contributed by atoms with E-state index in [0.29, 0.717) is 16.3 Å². The Kier molecular flexibility index (Phi) is 6.29. The Bertz CT molecular complexity index is 949. The minimum absolute atomic E-state index is 0.148. The molecule has 0 atom stereocenters. The summed E-state index contributed by atoms with van der Waals surface area (Å²) in [6, 6.07) is 24.2. The topological polar surface area (TPSA) is 35.5 Å². The molecular formula is C23H19ClO3. The quantitative estimate of drug-likeness (QED) is 0.316. The fourth-order valence-electron chi connectivity index (χ4n) is 2.67. The normalized spacial score (nSPS) is 11.1. The van der Waals surface area contributed by atoms with Crippen molar-refractivity contribution < 1.29 is 14.3 Å². The van der Waals surface area contributed by atoms with Crippen LogP contribution in [0.25, 0.3) is 11.6 Å². The molecule has 0 aliphatic heterocycles. The van der Waals surface area contributed by atoms with Crippen LogP contribution in [0.1, 0.15) is 16.7 Å². The van der Waals surface area contributed by atoms with E-state index in [4.69, 9.17) is 21.1 Å². The summed E-state index contributed by atoms with van der Waals surface area (Å²) in [6.45, 7) is 0.148. The SMILES string of the molecule is COc1ccccc1/C=C(\C(=O)OCc1cccc(Cl)c1)c1ccccc1. The molecule has 0 N–H and O–H groups in total. The first kappa shape index (κ1) is 18.7. The molecule has 0 heterocycles. The van der Waals surface area contributed by atoms with E-state index in [1.54, 1.807) is 25.3 Å². The molecule has 0 aromatic heterocycles. The fraction of sp³-hybridized carbons (Fsp3) is 0.0870. The number of para-hydroxylation sites is 1. The first-order valence-electron chi connectivity index (χ1n) is 8.49. The molecule has 0 aliphatic carbocycles. The lowest BCUT2D eigenvalue weighted by Gasteiger charge is -2.11. The summed E-state index contributed by atoms with van der Waals surface area (Å²) in [7, 11) is 1.60. The maximum atomic E-state index is 12.8. The lowest BCUT2D eigenvalue weighted by atomic mass is 10.0. The van der Waals surface area contributed by atoms with Crippen LogP contribution in [-0.2, 0) is 16.1 Å². The lowest BCUT2D eigenvalue weighted by molar-refractivity contribution is -0.137. The largest absolute Gasteiger partial charge is 0.496 e. The van der Waals surface area contributed by atoms with Crippen LogP contribution in [0.3, 0.4) is 0 Å². The minimum Gasteiger partial charge on any atom is -0.496 e. The van der Waals surface area contributed by atoms with Gasteiger partial charge in [-0.1, -0.05) is 72.3 Å². The average Bonchev–Trinajstić information content (AvgIpc) is 2.71. The molecule has 0 radical (unpaired) electrons. The molecule has 136 valence electrons. The molecule has 0 aliphatic rings. The molecule has 0 saturated heterocycles. The number of ether oxygens (including phenoxy) is 2. The van der Waals surface area contributed by atoms with Gasteiger partial charge in [0.15, 0.2) is 0 Å². The number of carbonyl (C=O) groups excluding carboxylic acids is 1. The highest BCUT2D eigenvalue weighted by Crippen LogP contribution is 2.26. The Labute approximate surface area is 163 Å². The van der Waals surface area contributed by atoms with Gasteiger partial charge in [0.1, 0.15) is 12.4 Å². The van der Waals surface area contributed by atoms with E-state index in [0.717, 1.165) is 16.7 Å². The Hall–Kier alpha value is -3.04. The van der Waals surface area contributed by atoms with E-state index in [1.807, 2.05) is 66.7 Å². The smallest absolute Gasteiger partial charge is 0.339 e. The van der Waals surface area contributed by atoms with Crippen molar-refractivity contribution in [3.05, 3.63) is 101 Å². The Morgan fingerprint density at radius 3 is 2.44 bits per heavy atom. The fourth-order valence-corrected chi connectivity index (χ4v) is 2.89.